The Morgan fingerprint density at radius 3 is 2.45 bits per heavy atom. The first kappa shape index (κ1) is 20.8. The van der Waals surface area contributed by atoms with Crippen LogP contribution in [0.25, 0.3) is 16.9 Å². The van der Waals surface area contributed by atoms with Crippen molar-refractivity contribution in [2.24, 2.45) is 0 Å². The summed E-state index contributed by atoms with van der Waals surface area (Å²) >= 11 is 0. The summed E-state index contributed by atoms with van der Waals surface area (Å²) in [7, 11) is 1.29. The topological polar surface area (TPSA) is 90.1 Å². The van der Waals surface area contributed by atoms with Gasteiger partial charge in [-0.3, -0.25) is 8.61 Å². The Balaban J connectivity index is 2.27. The highest BCUT2D eigenvalue weighted by molar-refractivity contribution is 7.86. The van der Waals surface area contributed by atoms with Gasteiger partial charge in [-0.05, 0) is 32.9 Å². The molecule has 29 heavy (non-hydrogen) atoms. The van der Waals surface area contributed by atoms with Crippen molar-refractivity contribution in [1.82, 2.24) is 9.38 Å². The Morgan fingerprint density at radius 1 is 1.21 bits per heavy atom. The van der Waals surface area contributed by atoms with Crippen LogP contribution in [0.4, 0.5) is 4.39 Å². The molecule has 154 valence electrons. The minimum absolute atomic E-state index is 0.297. The van der Waals surface area contributed by atoms with E-state index in [1.54, 1.807) is 16.7 Å². The zero-order valence-corrected chi connectivity index (χ0v) is 17.5. The zero-order valence-electron chi connectivity index (χ0n) is 16.6. The molecule has 0 fully saturated rings. The van der Waals surface area contributed by atoms with Crippen LogP contribution in [0.2, 0.25) is 0 Å². The third kappa shape index (κ3) is 3.69. The van der Waals surface area contributed by atoms with Gasteiger partial charge in [0.15, 0.2) is 11.6 Å². The molecule has 0 radical (unpaired) electrons. The van der Waals surface area contributed by atoms with Crippen LogP contribution in [-0.4, -0.2) is 43.6 Å². The van der Waals surface area contributed by atoms with Gasteiger partial charge in [0.2, 0.25) is 0 Å². The van der Waals surface area contributed by atoms with Crippen molar-refractivity contribution >= 4 is 22.4 Å². The van der Waals surface area contributed by atoms with Gasteiger partial charge in [0, 0.05) is 22.6 Å². The van der Waals surface area contributed by atoms with E-state index in [-0.39, 0.29) is 11.3 Å². The second kappa shape index (κ2) is 7.47. The van der Waals surface area contributed by atoms with E-state index in [4.69, 9.17) is 9.47 Å². The Morgan fingerprint density at radius 2 is 1.90 bits per heavy atom. The summed E-state index contributed by atoms with van der Waals surface area (Å²) in [6, 6.07) is 4.14. The molecular weight excluding hydrogens is 399 g/mol. The van der Waals surface area contributed by atoms with E-state index in [2.05, 4.69) is 4.98 Å². The van der Waals surface area contributed by atoms with Crippen molar-refractivity contribution in [2.75, 3.05) is 14.2 Å². The summed E-state index contributed by atoms with van der Waals surface area (Å²) in [5, 5.41) is 9.41. The second-order valence-electron chi connectivity index (χ2n) is 7.30. The molecule has 0 aliphatic heterocycles. The molecule has 3 rings (SSSR count). The van der Waals surface area contributed by atoms with Gasteiger partial charge < -0.3 is 14.6 Å². The van der Waals surface area contributed by atoms with Gasteiger partial charge in [-0.2, -0.15) is 0 Å². The number of nitrogens with zero attached hydrogens (tertiary/aromatic N) is 2. The minimum atomic E-state index is -1.40. The first-order chi connectivity index (χ1) is 13.6. The van der Waals surface area contributed by atoms with Crippen molar-refractivity contribution in [3.63, 3.8) is 0 Å². The summed E-state index contributed by atoms with van der Waals surface area (Å²) in [6.07, 6.45) is 3.12. The average Bonchev–Trinajstić information content (AvgIpc) is 3.07. The van der Waals surface area contributed by atoms with E-state index in [0.717, 1.165) is 0 Å². The largest absolute Gasteiger partial charge is 0.495 e. The number of methoxy groups -OCH3 is 2. The number of aromatic nitrogens is 2. The predicted octanol–water partition coefficient (Wildman–Crippen LogP) is 3.76. The van der Waals surface area contributed by atoms with Crippen LogP contribution in [0, 0.1) is 5.82 Å². The van der Waals surface area contributed by atoms with E-state index in [0.29, 0.717) is 27.5 Å². The Kier molecular flexibility index (Phi) is 5.36. The Hall–Kier alpha value is -2.94. The van der Waals surface area contributed by atoms with E-state index in [9.17, 15) is 18.5 Å². The van der Waals surface area contributed by atoms with Crippen LogP contribution in [0.1, 0.15) is 31.1 Å². The van der Waals surface area contributed by atoms with Crippen molar-refractivity contribution < 1.29 is 28.0 Å². The standard InChI is InChI=1S/C20H21FN2O5S/c1-20(2,3)29(26)16-10-23-14(9-22-17(23)8-15(16)27-4)11-6-12(19(24)25)18(28-5)13(21)7-11/h6-10H,1-5H3,(H,24,25). The van der Waals surface area contributed by atoms with Gasteiger partial charge >= 0.3 is 5.97 Å². The molecule has 0 spiro atoms. The maximum Gasteiger partial charge on any atom is 0.339 e. The lowest BCUT2D eigenvalue weighted by Gasteiger charge is -2.20. The molecule has 2 aromatic heterocycles. The summed E-state index contributed by atoms with van der Waals surface area (Å²) in [6.45, 7) is 5.54. The number of rotatable bonds is 5. The molecule has 0 aliphatic carbocycles. The molecule has 3 aromatic rings. The molecule has 2 heterocycles. The fraction of sp³-hybridized carbons (Fsp3) is 0.300. The molecule has 1 aromatic carbocycles. The number of pyridine rings is 1. The number of aromatic carboxylic acids is 1. The highest BCUT2D eigenvalue weighted by Gasteiger charge is 2.26. The molecule has 9 heteroatoms. The van der Waals surface area contributed by atoms with Crippen LogP contribution < -0.4 is 9.47 Å². The molecule has 0 aliphatic rings. The third-order valence-electron chi connectivity index (χ3n) is 4.32. The Labute approximate surface area is 169 Å². The van der Waals surface area contributed by atoms with E-state index in [1.807, 2.05) is 20.8 Å². The molecule has 1 N–H and O–H groups in total. The number of fused-ring (bicyclic) bond motifs is 1. The lowest BCUT2D eigenvalue weighted by atomic mass is 10.1. The number of hydrogen-bond donors (Lipinski definition) is 1. The van der Waals surface area contributed by atoms with Gasteiger partial charge in [-0.15, -0.1) is 0 Å². The number of ether oxygens (including phenoxy) is 2. The van der Waals surface area contributed by atoms with Crippen LogP contribution >= 0.6 is 0 Å². The molecule has 0 bridgehead atoms. The summed E-state index contributed by atoms with van der Waals surface area (Å²) in [4.78, 5) is 16.3. The van der Waals surface area contributed by atoms with E-state index in [1.165, 1.54) is 32.5 Å². The van der Waals surface area contributed by atoms with Gasteiger partial charge in [0.05, 0.1) is 41.8 Å². The minimum Gasteiger partial charge on any atom is -0.495 e. The van der Waals surface area contributed by atoms with Gasteiger partial charge in [0.1, 0.15) is 17.0 Å². The van der Waals surface area contributed by atoms with Crippen molar-refractivity contribution in [3.05, 3.63) is 42.0 Å². The number of carboxylic acid groups (broad SMARTS) is 1. The number of carbonyl (C=O) groups is 1. The number of benzene rings is 1. The fourth-order valence-electron chi connectivity index (χ4n) is 2.94. The van der Waals surface area contributed by atoms with Gasteiger partial charge in [-0.25, -0.2) is 14.2 Å². The predicted molar refractivity (Wildman–Crippen MR) is 107 cm³/mol. The summed E-state index contributed by atoms with van der Waals surface area (Å²) < 4.78 is 38.8. The fourth-order valence-corrected chi connectivity index (χ4v) is 4.12. The van der Waals surface area contributed by atoms with Crippen LogP contribution in [-0.2, 0) is 10.8 Å². The highest BCUT2D eigenvalue weighted by atomic mass is 32.2. The first-order valence-corrected chi connectivity index (χ1v) is 9.81. The summed E-state index contributed by atoms with van der Waals surface area (Å²) in [5.41, 5.74) is 0.925. The zero-order chi connectivity index (χ0) is 21.5. The monoisotopic (exact) mass is 420 g/mol. The molecule has 1 atom stereocenters. The molecule has 0 amide bonds. The van der Waals surface area contributed by atoms with E-state index < -0.39 is 27.3 Å². The third-order valence-corrected chi connectivity index (χ3v) is 6.14. The van der Waals surface area contributed by atoms with Crippen molar-refractivity contribution in [1.29, 1.82) is 0 Å². The van der Waals surface area contributed by atoms with Crippen LogP contribution in [0.3, 0.4) is 0 Å². The number of carboxylic acids is 1. The molecule has 0 saturated carbocycles. The molecule has 7 nitrogen and oxygen atoms in total. The molecular formula is C20H21FN2O5S. The van der Waals surface area contributed by atoms with Crippen molar-refractivity contribution in [3.8, 4) is 22.8 Å². The van der Waals surface area contributed by atoms with Gasteiger partial charge in [-0.1, -0.05) is 0 Å². The van der Waals surface area contributed by atoms with Crippen molar-refractivity contribution in [2.45, 2.75) is 30.4 Å². The number of halogens is 1. The van der Waals surface area contributed by atoms with Crippen LogP contribution in [0.15, 0.2) is 35.5 Å². The average molecular weight is 420 g/mol. The quantitative estimate of drug-likeness (QED) is 0.676. The number of imidazole rings is 1. The lowest BCUT2D eigenvalue weighted by Crippen LogP contribution is -2.22. The normalized spacial score (nSPS) is 12.8. The van der Waals surface area contributed by atoms with Crippen LogP contribution in [0.5, 0.6) is 11.5 Å². The lowest BCUT2D eigenvalue weighted by molar-refractivity contribution is 0.0692. The SMILES string of the molecule is COc1cc2ncc(-c3cc(F)c(OC)c(C(=O)O)c3)n2cc1S(=O)C(C)(C)C. The first-order valence-electron chi connectivity index (χ1n) is 8.66. The summed E-state index contributed by atoms with van der Waals surface area (Å²) in [5.74, 6) is -2.03. The maximum absolute atomic E-state index is 14.5. The maximum atomic E-state index is 14.5. The smallest absolute Gasteiger partial charge is 0.339 e. The highest BCUT2D eigenvalue weighted by Crippen LogP contribution is 2.34. The van der Waals surface area contributed by atoms with Gasteiger partial charge in [0.25, 0.3) is 0 Å². The molecule has 1 unspecified atom stereocenters. The second-order valence-corrected chi connectivity index (χ2v) is 9.50. The Bertz CT molecular complexity index is 1130. The molecule has 0 saturated heterocycles. The number of hydrogen-bond acceptors (Lipinski definition) is 5. The van der Waals surface area contributed by atoms with E-state index >= 15 is 0 Å².